The van der Waals surface area contributed by atoms with Crippen molar-refractivity contribution in [3.05, 3.63) is 90.1 Å². The lowest BCUT2D eigenvalue weighted by Gasteiger charge is -2.52. The van der Waals surface area contributed by atoms with Crippen molar-refractivity contribution < 1.29 is 9.90 Å². The Hall–Kier alpha value is -4.02. The van der Waals surface area contributed by atoms with Gasteiger partial charge in [0.2, 0.25) is 5.82 Å². The molecule has 7 heteroatoms. The average molecular weight is 478 g/mol. The van der Waals surface area contributed by atoms with Gasteiger partial charge in [-0.25, -0.2) is 4.98 Å². The zero-order valence-electron chi connectivity index (χ0n) is 19.9. The molecular weight excluding hydrogens is 450 g/mol. The Morgan fingerprint density at radius 3 is 2.78 bits per heavy atom. The van der Waals surface area contributed by atoms with Gasteiger partial charge in [-0.1, -0.05) is 55.3 Å². The number of likely N-dealkylation sites (tertiary alicyclic amines) is 1. The van der Waals surface area contributed by atoms with Crippen molar-refractivity contribution in [1.29, 1.82) is 5.26 Å². The molecule has 0 radical (unpaired) electrons. The molecule has 6 rings (SSSR count). The molecule has 1 N–H and O–H groups in total. The second-order valence-electron chi connectivity index (χ2n) is 9.81. The molecule has 36 heavy (non-hydrogen) atoms. The summed E-state index contributed by atoms with van der Waals surface area (Å²) in [4.78, 5) is 25.1. The predicted octanol–water partition coefficient (Wildman–Crippen LogP) is 4.56. The standard InChI is InChI=1S/C29H27N5O2/c30-18-20-7-6-8-21(17-20)26-25-19-31-14-16-33(25)27(32-26)28(35)34-15-13-29(36,22-9-2-1-3-10-22)23-11-4-5-12-24(23)34/h1-3,6-10,14,16-17,19,23-24,36H,4-5,11-13,15H2/t23-,24+,29?/m1/s1. The number of aliphatic hydroxyl groups is 1. The fraction of sp³-hybridized carbons (Fsp3) is 0.310. The molecule has 0 spiro atoms. The molecule has 1 saturated heterocycles. The highest BCUT2D eigenvalue weighted by Gasteiger charge is 2.50. The number of nitriles is 1. The molecule has 3 atom stereocenters. The molecule has 2 fully saturated rings. The molecule has 2 aromatic heterocycles. The van der Waals surface area contributed by atoms with Crippen LogP contribution in [0.4, 0.5) is 0 Å². The summed E-state index contributed by atoms with van der Waals surface area (Å²) in [5.74, 6) is 0.177. The minimum absolute atomic E-state index is 0.0222. The normalized spacial score (nSPS) is 23.7. The molecular formula is C29H27N5O2. The summed E-state index contributed by atoms with van der Waals surface area (Å²) in [6.07, 6.45) is 9.44. The third kappa shape index (κ3) is 3.57. The monoisotopic (exact) mass is 477 g/mol. The molecule has 1 saturated carbocycles. The van der Waals surface area contributed by atoms with Crippen LogP contribution in [0.15, 0.2) is 73.2 Å². The molecule has 3 heterocycles. The number of rotatable bonds is 3. The van der Waals surface area contributed by atoms with E-state index in [1.165, 1.54) is 0 Å². The van der Waals surface area contributed by atoms with Crippen LogP contribution in [0.3, 0.4) is 0 Å². The Balaban J connectivity index is 1.40. The van der Waals surface area contributed by atoms with Gasteiger partial charge in [0.15, 0.2) is 0 Å². The second-order valence-corrected chi connectivity index (χ2v) is 9.81. The van der Waals surface area contributed by atoms with Gasteiger partial charge in [0.25, 0.3) is 5.91 Å². The third-order valence-corrected chi connectivity index (χ3v) is 7.91. The number of aromatic nitrogens is 3. The molecule has 1 amide bonds. The molecule has 1 aliphatic carbocycles. The van der Waals surface area contributed by atoms with Gasteiger partial charge in [0.1, 0.15) is 0 Å². The quantitative estimate of drug-likeness (QED) is 0.467. The van der Waals surface area contributed by atoms with E-state index in [0.29, 0.717) is 35.6 Å². The van der Waals surface area contributed by atoms with E-state index < -0.39 is 5.60 Å². The molecule has 1 aliphatic heterocycles. The first-order valence-electron chi connectivity index (χ1n) is 12.5. The minimum atomic E-state index is -0.940. The van der Waals surface area contributed by atoms with Crippen molar-refractivity contribution in [3.8, 4) is 17.3 Å². The van der Waals surface area contributed by atoms with Gasteiger partial charge in [-0.15, -0.1) is 0 Å². The summed E-state index contributed by atoms with van der Waals surface area (Å²) in [6.45, 7) is 0.463. The maximum absolute atomic E-state index is 14.1. The van der Waals surface area contributed by atoms with Crippen LogP contribution in [-0.4, -0.2) is 42.9 Å². The number of imidazole rings is 1. The van der Waals surface area contributed by atoms with Crippen molar-refractivity contribution in [2.24, 2.45) is 5.92 Å². The van der Waals surface area contributed by atoms with Crippen LogP contribution in [0.5, 0.6) is 0 Å². The van der Waals surface area contributed by atoms with Crippen LogP contribution in [0.1, 0.15) is 53.8 Å². The van der Waals surface area contributed by atoms with E-state index in [9.17, 15) is 15.2 Å². The summed E-state index contributed by atoms with van der Waals surface area (Å²) in [6, 6.07) is 19.3. The average Bonchev–Trinajstić information content (AvgIpc) is 3.33. The number of nitrogens with zero attached hydrogens (tertiary/aromatic N) is 5. The van der Waals surface area contributed by atoms with E-state index in [2.05, 4.69) is 11.1 Å². The van der Waals surface area contributed by atoms with Crippen LogP contribution < -0.4 is 0 Å². The zero-order chi connectivity index (χ0) is 24.7. The van der Waals surface area contributed by atoms with Gasteiger partial charge >= 0.3 is 0 Å². The van der Waals surface area contributed by atoms with Crippen LogP contribution in [-0.2, 0) is 5.60 Å². The Labute approximate surface area is 209 Å². The first-order valence-corrected chi connectivity index (χ1v) is 12.5. The van der Waals surface area contributed by atoms with Crippen LogP contribution in [0.25, 0.3) is 16.8 Å². The third-order valence-electron chi connectivity index (χ3n) is 7.91. The maximum atomic E-state index is 14.1. The topological polar surface area (TPSA) is 94.5 Å². The Kier molecular flexibility index (Phi) is 5.54. The highest BCUT2D eigenvalue weighted by molar-refractivity contribution is 5.95. The first kappa shape index (κ1) is 22.4. The number of carbonyl (C=O) groups excluding carboxylic acids is 1. The smallest absolute Gasteiger partial charge is 0.290 e. The molecule has 180 valence electrons. The number of carbonyl (C=O) groups is 1. The SMILES string of the molecule is N#Cc1cccc(-c2nc(C(=O)N3CCC(O)(c4ccccc4)[C@@H]4CCCC[C@@H]43)n3ccncc23)c1. The molecule has 7 nitrogen and oxygen atoms in total. The molecule has 1 unspecified atom stereocenters. The van der Waals surface area contributed by atoms with Crippen molar-refractivity contribution in [2.45, 2.75) is 43.7 Å². The van der Waals surface area contributed by atoms with E-state index in [1.807, 2.05) is 47.4 Å². The van der Waals surface area contributed by atoms with Gasteiger partial charge in [-0.2, -0.15) is 5.26 Å². The highest BCUT2D eigenvalue weighted by atomic mass is 16.3. The summed E-state index contributed by atoms with van der Waals surface area (Å²) in [5.41, 5.74) is 2.64. The van der Waals surface area contributed by atoms with Gasteiger partial charge in [-0.05, 0) is 37.0 Å². The summed E-state index contributed by atoms with van der Waals surface area (Å²) in [7, 11) is 0. The van der Waals surface area contributed by atoms with E-state index >= 15 is 0 Å². The lowest BCUT2D eigenvalue weighted by molar-refractivity contribution is -0.110. The largest absolute Gasteiger partial charge is 0.385 e. The Morgan fingerprint density at radius 1 is 1.11 bits per heavy atom. The van der Waals surface area contributed by atoms with Gasteiger partial charge in [0.05, 0.1) is 34.6 Å². The minimum Gasteiger partial charge on any atom is -0.385 e. The molecule has 2 aliphatic rings. The van der Waals surface area contributed by atoms with E-state index in [4.69, 9.17) is 4.98 Å². The number of hydrogen-bond acceptors (Lipinski definition) is 5. The van der Waals surface area contributed by atoms with Crippen molar-refractivity contribution in [3.63, 3.8) is 0 Å². The molecule has 0 bridgehead atoms. The Bertz CT molecular complexity index is 1470. The van der Waals surface area contributed by atoms with Gasteiger partial charge in [-0.3, -0.25) is 14.2 Å². The number of piperidine rings is 1. The van der Waals surface area contributed by atoms with Crippen molar-refractivity contribution in [2.75, 3.05) is 6.54 Å². The first-order chi connectivity index (χ1) is 17.6. The second kappa shape index (κ2) is 8.89. The fourth-order valence-corrected chi connectivity index (χ4v) is 6.19. The Morgan fingerprint density at radius 2 is 1.94 bits per heavy atom. The van der Waals surface area contributed by atoms with Crippen LogP contribution in [0, 0.1) is 17.2 Å². The van der Waals surface area contributed by atoms with E-state index in [1.54, 1.807) is 35.1 Å². The van der Waals surface area contributed by atoms with Crippen LogP contribution >= 0.6 is 0 Å². The summed E-state index contributed by atoms with van der Waals surface area (Å²) >= 11 is 0. The summed E-state index contributed by atoms with van der Waals surface area (Å²) in [5, 5.41) is 21.2. The van der Waals surface area contributed by atoms with Crippen molar-refractivity contribution in [1.82, 2.24) is 19.3 Å². The van der Waals surface area contributed by atoms with E-state index in [0.717, 1.165) is 36.8 Å². The highest BCUT2D eigenvalue weighted by Crippen LogP contribution is 2.47. The van der Waals surface area contributed by atoms with Crippen molar-refractivity contribution >= 4 is 11.4 Å². The number of hydrogen-bond donors (Lipinski definition) is 1. The molecule has 4 aromatic rings. The summed E-state index contributed by atoms with van der Waals surface area (Å²) < 4.78 is 1.79. The predicted molar refractivity (Wildman–Crippen MR) is 135 cm³/mol. The van der Waals surface area contributed by atoms with E-state index in [-0.39, 0.29) is 17.9 Å². The molecule has 2 aromatic carbocycles. The van der Waals surface area contributed by atoms with Crippen LogP contribution in [0.2, 0.25) is 0 Å². The van der Waals surface area contributed by atoms with Gasteiger partial charge in [0, 0.05) is 36.5 Å². The lowest BCUT2D eigenvalue weighted by atomic mass is 9.66. The number of benzene rings is 2. The fourth-order valence-electron chi connectivity index (χ4n) is 6.19. The van der Waals surface area contributed by atoms with Gasteiger partial charge < -0.3 is 10.0 Å². The number of amides is 1. The maximum Gasteiger partial charge on any atom is 0.290 e. The lowest BCUT2D eigenvalue weighted by Crippen LogP contribution is -2.59. The zero-order valence-corrected chi connectivity index (χ0v) is 19.9. The number of fused-ring (bicyclic) bond motifs is 2.